The third-order valence-corrected chi connectivity index (χ3v) is 10.6. The number of amides is 1. The lowest BCUT2D eigenvalue weighted by molar-refractivity contribution is -0.372. The van der Waals surface area contributed by atoms with Crippen LogP contribution in [0.5, 0.6) is 11.8 Å². The minimum atomic E-state index is -3.53. The fraction of sp³-hybridized carbons (Fsp3) is 0.500. The number of hydrogen-bond donors (Lipinski definition) is 7. The molecule has 0 saturated carbocycles. The van der Waals surface area contributed by atoms with Crippen molar-refractivity contribution in [2.45, 2.75) is 74.9 Å². The molecule has 296 valence electrons. The van der Waals surface area contributed by atoms with Crippen LogP contribution in [0.15, 0.2) is 30.5 Å². The first-order valence-electron chi connectivity index (χ1n) is 17.7. The van der Waals surface area contributed by atoms with Crippen molar-refractivity contribution in [2.24, 2.45) is 5.92 Å². The topological polar surface area (TPSA) is 214 Å². The van der Waals surface area contributed by atoms with E-state index < -0.39 is 90.2 Å². The number of ether oxygens (including phenoxy) is 2. The number of β-amino-alcohol motifs (C(OH)–C–C–N with tert-alkyl or cyclic N) is 1. The summed E-state index contributed by atoms with van der Waals surface area (Å²) in [5.74, 6) is -11.8. The summed E-state index contributed by atoms with van der Waals surface area (Å²) in [6.45, 7) is 0.730. The first-order chi connectivity index (χ1) is 25.8. The Labute approximate surface area is 310 Å². The highest BCUT2D eigenvalue weighted by atomic mass is 19.2. The Balaban J connectivity index is 1.37. The Morgan fingerprint density at radius 3 is 2.62 bits per heavy atom. The molecule has 4 unspecified atom stereocenters. The third-order valence-electron chi connectivity index (χ3n) is 10.6. The first-order valence-corrected chi connectivity index (χ1v) is 17.7. The average molecular weight is 777 g/mol. The highest BCUT2D eigenvalue weighted by molar-refractivity contribution is 6.01. The van der Waals surface area contributed by atoms with Gasteiger partial charge < -0.3 is 50.3 Å². The number of aromatic nitrogens is 3. The molecule has 3 fully saturated rings. The normalized spacial score (nSPS) is 25.4. The maximum atomic E-state index is 17.1. The average Bonchev–Trinajstić information content (AvgIpc) is 3.55. The lowest BCUT2D eigenvalue weighted by Gasteiger charge is -2.42. The molecule has 0 radical (unpaired) electrons. The van der Waals surface area contributed by atoms with Gasteiger partial charge in [-0.3, -0.25) is 4.98 Å². The van der Waals surface area contributed by atoms with Gasteiger partial charge in [0.15, 0.2) is 5.82 Å². The molecule has 19 heteroatoms. The number of rotatable bonds is 9. The quantitative estimate of drug-likeness (QED) is 0.0740. The largest absolute Gasteiger partial charge is 0.508 e. The zero-order chi connectivity index (χ0) is 39.7. The number of nitrogens with zero attached hydrogens (tertiary/aromatic N) is 5. The lowest BCUT2D eigenvalue weighted by atomic mass is 9.89. The Bertz CT molecular complexity index is 2150. The standard InChI is InChI=1S/C36H40F4N6O9/c1-18-10-20(37)15-45(14-18)30-24-13-42-28(23-12-21(47)11-19-5-6-25(38)22(26(19)23)4-3-9-54-32(48)41-2)27(39)29(24)43-31(44-30)55-36(52,53)33-7-8-35(50,51)46(33)17-34(40,49)16-33/h5-6,11-13,18,20,47,49-53H,3-4,7-10,14-17H2,1-2H3,(H,41,48). The molecule has 15 nitrogen and oxygen atoms in total. The van der Waals surface area contributed by atoms with E-state index in [-0.39, 0.29) is 78.3 Å². The van der Waals surface area contributed by atoms with Gasteiger partial charge in [-0.1, -0.05) is 13.0 Å². The zero-order valence-corrected chi connectivity index (χ0v) is 29.8. The summed E-state index contributed by atoms with van der Waals surface area (Å²) in [6, 6.07) is 4.20. The number of phenolic OH excluding ortho intramolecular Hbond substituents is 1. The minimum Gasteiger partial charge on any atom is -0.508 e. The fourth-order valence-electron chi connectivity index (χ4n) is 8.23. The third kappa shape index (κ3) is 6.93. The molecule has 4 aromatic rings. The van der Waals surface area contributed by atoms with E-state index in [1.807, 2.05) is 0 Å². The number of aryl methyl sites for hydroxylation is 1. The summed E-state index contributed by atoms with van der Waals surface area (Å²) in [6.07, 6.45) is -2.40. The van der Waals surface area contributed by atoms with Gasteiger partial charge in [0.05, 0.1) is 25.1 Å². The number of fused-ring (bicyclic) bond motifs is 3. The van der Waals surface area contributed by atoms with Crippen molar-refractivity contribution in [1.29, 1.82) is 0 Å². The summed E-state index contributed by atoms with van der Waals surface area (Å²) in [5, 5.41) is 67.6. The van der Waals surface area contributed by atoms with E-state index in [1.54, 1.807) is 6.92 Å². The van der Waals surface area contributed by atoms with Gasteiger partial charge in [0.1, 0.15) is 40.3 Å². The Kier molecular flexibility index (Phi) is 9.70. The van der Waals surface area contributed by atoms with Crippen molar-refractivity contribution in [3.8, 4) is 23.0 Å². The van der Waals surface area contributed by atoms with E-state index in [9.17, 15) is 44.2 Å². The predicted molar refractivity (Wildman–Crippen MR) is 186 cm³/mol. The number of benzene rings is 2. The summed E-state index contributed by atoms with van der Waals surface area (Å²) in [5.41, 5.74) is -3.23. The number of carbonyl (C=O) groups excluding carboxylic acids is 1. The van der Waals surface area contributed by atoms with E-state index in [4.69, 9.17) is 9.47 Å². The van der Waals surface area contributed by atoms with Gasteiger partial charge >= 0.3 is 18.1 Å². The monoisotopic (exact) mass is 776 g/mol. The molecule has 1 amide bonds. The second-order valence-electron chi connectivity index (χ2n) is 14.7. The van der Waals surface area contributed by atoms with Crippen LogP contribution in [-0.4, -0.2) is 119 Å². The molecule has 3 aliphatic rings. The molecule has 55 heavy (non-hydrogen) atoms. The van der Waals surface area contributed by atoms with Crippen LogP contribution in [-0.2, 0) is 11.2 Å². The van der Waals surface area contributed by atoms with Crippen LogP contribution in [0, 0.1) is 17.6 Å². The number of alkyl carbamates (subject to hydrolysis) is 1. The molecule has 3 aliphatic heterocycles. The van der Waals surface area contributed by atoms with Gasteiger partial charge in [0.2, 0.25) is 11.8 Å². The Morgan fingerprint density at radius 1 is 1.13 bits per heavy atom. The number of alkyl halides is 2. The van der Waals surface area contributed by atoms with E-state index in [0.717, 1.165) is 0 Å². The van der Waals surface area contributed by atoms with Crippen LogP contribution >= 0.6 is 0 Å². The Morgan fingerprint density at radius 2 is 1.89 bits per heavy atom. The number of nitrogens with one attached hydrogen (secondary N) is 1. The van der Waals surface area contributed by atoms with Crippen molar-refractivity contribution in [2.75, 3.05) is 38.2 Å². The lowest BCUT2D eigenvalue weighted by Crippen LogP contribution is -2.65. The number of aromatic hydroxyl groups is 1. The smallest absolute Gasteiger partial charge is 0.406 e. The fourth-order valence-corrected chi connectivity index (χ4v) is 8.23. The van der Waals surface area contributed by atoms with Gasteiger partial charge in [-0.2, -0.15) is 9.97 Å². The second kappa shape index (κ2) is 13.8. The molecule has 2 aromatic heterocycles. The maximum Gasteiger partial charge on any atom is 0.406 e. The molecule has 7 rings (SSSR count). The summed E-state index contributed by atoms with van der Waals surface area (Å²) >= 11 is 0. The molecule has 7 N–H and O–H groups in total. The van der Waals surface area contributed by atoms with E-state index >= 15 is 8.78 Å². The van der Waals surface area contributed by atoms with Crippen molar-refractivity contribution >= 4 is 33.6 Å². The second-order valence-corrected chi connectivity index (χ2v) is 14.7. The number of piperidine rings is 1. The van der Waals surface area contributed by atoms with E-state index in [2.05, 4.69) is 20.3 Å². The van der Waals surface area contributed by atoms with E-state index in [0.29, 0.717) is 10.3 Å². The van der Waals surface area contributed by atoms with Gasteiger partial charge in [0.25, 0.3) is 0 Å². The van der Waals surface area contributed by atoms with Crippen molar-refractivity contribution in [3.05, 3.63) is 47.7 Å². The van der Waals surface area contributed by atoms with Crippen molar-refractivity contribution in [3.63, 3.8) is 0 Å². The molecule has 4 atom stereocenters. The molecule has 5 heterocycles. The molecule has 0 bridgehead atoms. The summed E-state index contributed by atoms with van der Waals surface area (Å²) in [4.78, 5) is 26.4. The number of anilines is 1. The molecular formula is C36H40F4N6O9. The first kappa shape index (κ1) is 38.6. The summed E-state index contributed by atoms with van der Waals surface area (Å²) < 4.78 is 73.0. The molecule has 2 aromatic carbocycles. The van der Waals surface area contributed by atoms with Gasteiger partial charge in [0, 0.05) is 38.2 Å². The van der Waals surface area contributed by atoms with Crippen LogP contribution in [0.1, 0.15) is 44.6 Å². The molecule has 0 spiro atoms. The zero-order valence-electron chi connectivity index (χ0n) is 29.8. The van der Waals surface area contributed by atoms with Gasteiger partial charge in [-0.15, -0.1) is 0 Å². The minimum absolute atomic E-state index is 0.0276. The van der Waals surface area contributed by atoms with Crippen LogP contribution < -0.4 is 15.0 Å². The molecule has 3 saturated heterocycles. The van der Waals surface area contributed by atoms with Crippen molar-refractivity contribution in [1.82, 2.24) is 25.2 Å². The number of hydrogen-bond acceptors (Lipinski definition) is 14. The molecular weight excluding hydrogens is 736 g/mol. The number of pyridine rings is 1. The van der Waals surface area contributed by atoms with Crippen LogP contribution in [0.2, 0.25) is 0 Å². The van der Waals surface area contributed by atoms with Crippen LogP contribution in [0.3, 0.4) is 0 Å². The van der Waals surface area contributed by atoms with Gasteiger partial charge in [-0.05, 0) is 66.1 Å². The Hall–Kier alpha value is -4.66. The van der Waals surface area contributed by atoms with Gasteiger partial charge in [-0.25, -0.2) is 27.3 Å². The van der Waals surface area contributed by atoms with E-state index in [1.165, 1.54) is 42.4 Å². The number of aliphatic hydroxyl groups is 5. The van der Waals surface area contributed by atoms with Crippen LogP contribution in [0.25, 0.3) is 32.9 Å². The number of halogens is 4. The van der Waals surface area contributed by atoms with Crippen molar-refractivity contribution < 1.29 is 62.5 Å². The maximum absolute atomic E-state index is 17.1. The highest BCUT2D eigenvalue weighted by Gasteiger charge is 2.73. The number of carbonyl (C=O) groups is 1. The summed E-state index contributed by atoms with van der Waals surface area (Å²) in [7, 11) is 1.38. The highest BCUT2D eigenvalue weighted by Crippen LogP contribution is 2.54. The predicted octanol–water partition coefficient (Wildman–Crippen LogP) is 2.85. The molecule has 0 aliphatic carbocycles. The number of phenols is 1. The van der Waals surface area contributed by atoms with Crippen LogP contribution in [0.4, 0.5) is 28.2 Å². The SMILES string of the molecule is CNC(=O)OCCCc1c(F)ccc2cc(O)cc(-c3ncc4c(N5CC(C)CC(F)C5)nc(OC(O)(O)C56CCC(O)(O)N5CC(O)(F)C6)nc4c3F)c12.